The summed E-state index contributed by atoms with van der Waals surface area (Å²) in [6.07, 6.45) is 1.82. The van der Waals surface area contributed by atoms with Crippen LogP contribution in [0.1, 0.15) is 31.4 Å². The monoisotopic (exact) mass is 409 g/mol. The Morgan fingerprint density at radius 3 is 2.48 bits per heavy atom. The van der Waals surface area contributed by atoms with Gasteiger partial charge in [-0.05, 0) is 39.2 Å². The van der Waals surface area contributed by atoms with E-state index in [1.165, 1.54) is 22.0 Å². The molecule has 29 heavy (non-hydrogen) atoms. The average molecular weight is 410 g/mol. The number of nitrogens with two attached hydrogens (primary N) is 1. The van der Waals surface area contributed by atoms with Gasteiger partial charge in [-0.15, -0.1) is 10.2 Å². The third-order valence-electron chi connectivity index (χ3n) is 4.72. The summed E-state index contributed by atoms with van der Waals surface area (Å²) in [4.78, 5) is 12.6. The molecule has 6 nitrogen and oxygen atoms in total. The smallest absolute Gasteiger partial charge is 0.233 e. The van der Waals surface area contributed by atoms with Gasteiger partial charge in [-0.1, -0.05) is 71.9 Å². The highest BCUT2D eigenvalue weighted by atomic mass is 32.2. The Bertz CT molecular complexity index is 940. The second-order valence-electron chi connectivity index (χ2n) is 7.24. The van der Waals surface area contributed by atoms with Crippen LogP contribution in [-0.2, 0) is 11.2 Å². The van der Waals surface area contributed by atoms with Gasteiger partial charge >= 0.3 is 0 Å². The summed E-state index contributed by atoms with van der Waals surface area (Å²) >= 11 is 1.31. The number of rotatable bonds is 8. The zero-order valence-corrected chi connectivity index (χ0v) is 17.8. The first kappa shape index (κ1) is 20.9. The first-order valence-electron chi connectivity index (χ1n) is 9.72. The minimum absolute atomic E-state index is 0.0320. The van der Waals surface area contributed by atoms with Crippen molar-refractivity contribution in [2.45, 2.75) is 50.1 Å². The van der Waals surface area contributed by atoms with E-state index in [4.69, 9.17) is 5.84 Å². The lowest BCUT2D eigenvalue weighted by atomic mass is 10.1. The van der Waals surface area contributed by atoms with Crippen molar-refractivity contribution in [2.24, 2.45) is 0 Å². The molecular formula is C22H27N5OS. The molecule has 3 N–H and O–H groups in total. The van der Waals surface area contributed by atoms with Crippen molar-refractivity contribution in [3.63, 3.8) is 0 Å². The van der Waals surface area contributed by atoms with E-state index in [-0.39, 0.29) is 17.2 Å². The Morgan fingerprint density at radius 1 is 1.10 bits per heavy atom. The number of benzene rings is 2. The van der Waals surface area contributed by atoms with Crippen LogP contribution in [-0.4, -0.2) is 32.1 Å². The predicted molar refractivity (Wildman–Crippen MR) is 118 cm³/mol. The fraction of sp³-hybridized carbons (Fsp3) is 0.318. The molecule has 0 aliphatic carbocycles. The average Bonchev–Trinajstić information content (AvgIpc) is 3.08. The SMILES string of the molecule is Cc1ccc(-c2nnc(S[C@@H](C)C(=O)N[C@H](C)CCc3ccccc3)n2N)cc1. The second-order valence-corrected chi connectivity index (χ2v) is 8.54. The molecule has 1 heterocycles. The van der Waals surface area contributed by atoms with Crippen LogP contribution in [0.25, 0.3) is 11.4 Å². The molecular weight excluding hydrogens is 382 g/mol. The fourth-order valence-electron chi connectivity index (χ4n) is 2.93. The molecule has 0 saturated carbocycles. The molecule has 0 bridgehead atoms. The van der Waals surface area contributed by atoms with Gasteiger partial charge in [0, 0.05) is 11.6 Å². The van der Waals surface area contributed by atoms with Gasteiger partial charge in [-0.25, -0.2) is 4.68 Å². The zero-order chi connectivity index (χ0) is 20.8. The lowest BCUT2D eigenvalue weighted by Crippen LogP contribution is -2.38. The van der Waals surface area contributed by atoms with Crippen LogP contribution < -0.4 is 11.2 Å². The molecule has 2 atom stereocenters. The Kier molecular flexibility index (Phi) is 6.93. The lowest BCUT2D eigenvalue weighted by molar-refractivity contribution is -0.120. The Labute approximate surface area is 175 Å². The Balaban J connectivity index is 1.55. The van der Waals surface area contributed by atoms with E-state index in [0.717, 1.165) is 24.0 Å². The standard InChI is InChI=1S/C22H27N5OS/c1-15-9-13-19(14-10-15)20-25-26-22(27(20)23)29-17(3)21(28)24-16(2)11-12-18-7-5-4-6-8-18/h4-10,13-14,16-17H,11-12,23H2,1-3H3,(H,24,28)/t16-,17+/m1/s1. The van der Waals surface area contributed by atoms with E-state index in [2.05, 4.69) is 27.6 Å². The topological polar surface area (TPSA) is 85.8 Å². The van der Waals surface area contributed by atoms with Gasteiger partial charge in [0.15, 0.2) is 5.82 Å². The third kappa shape index (κ3) is 5.60. The number of hydrogen-bond donors (Lipinski definition) is 2. The Hall–Kier alpha value is -2.80. The maximum Gasteiger partial charge on any atom is 0.233 e. The van der Waals surface area contributed by atoms with Crippen molar-refractivity contribution in [3.05, 3.63) is 65.7 Å². The van der Waals surface area contributed by atoms with E-state index in [1.807, 2.05) is 63.2 Å². The van der Waals surface area contributed by atoms with Crippen molar-refractivity contribution >= 4 is 17.7 Å². The molecule has 0 radical (unpaired) electrons. The van der Waals surface area contributed by atoms with Crippen LogP contribution in [0.15, 0.2) is 59.8 Å². The molecule has 2 aromatic carbocycles. The summed E-state index contributed by atoms with van der Waals surface area (Å²) in [5.74, 6) is 6.72. The number of thioether (sulfide) groups is 1. The van der Waals surface area contributed by atoms with Crippen LogP contribution in [0.4, 0.5) is 0 Å². The predicted octanol–water partition coefficient (Wildman–Crippen LogP) is 3.59. The molecule has 0 aliphatic heterocycles. The number of carbonyl (C=O) groups excluding carboxylic acids is 1. The molecule has 1 amide bonds. The van der Waals surface area contributed by atoms with Crippen molar-refractivity contribution < 1.29 is 4.79 Å². The molecule has 1 aromatic heterocycles. The minimum Gasteiger partial charge on any atom is -0.353 e. The van der Waals surface area contributed by atoms with Crippen molar-refractivity contribution in [1.29, 1.82) is 0 Å². The molecule has 3 aromatic rings. The summed E-state index contributed by atoms with van der Waals surface area (Å²) in [5.41, 5.74) is 3.33. The fourth-order valence-corrected chi connectivity index (χ4v) is 3.71. The molecule has 3 rings (SSSR count). The van der Waals surface area contributed by atoms with E-state index in [0.29, 0.717) is 11.0 Å². The molecule has 0 unspecified atom stereocenters. The third-order valence-corrected chi connectivity index (χ3v) is 5.78. The van der Waals surface area contributed by atoms with Gasteiger partial charge in [0.05, 0.1) is 5.25 Å². The van der Waals surface area contributed by atoms with Gasteiger partial charge in [-0.3, -0.25) is 4.79 Å². The number of hydrogen-bond acceptors (Lipinski definition) is 5. The van der Waals surface area contributed by atoms with Crippen molar-refractivity contribution in [1.82, 2.24) is 20.2 Å². The lowest BCUT2D eigenvalue weighted by Gasteiger charge is -2.17. The largest absolute Gasteiger partial charge is 0.353 e. The number of carbonyl (C=O) groups is 1. The first-order valence-corrected chi connectivity index (χ1v) is 10.6. The highest BCUT2D eigenvalue weighted by Crippen LogP contribution is 2.25. The van der Waals surface area contributed by atoms with Crippen LogP contribution >= 0.6 is 11.8 Å². The van der Waals surface area contributed by atoms with Gasteiger partial charge in [0.2, 0.25) is 11.1 Å². The molecule has 7 heteroatoms. The zero-order valence-electron chi connectivity index (χ0n) is 17.0. The normalized spacial score (nSPS) is 13.1. The minimum atomic E-state index is -0.327. The first-order chi connectivity index (χ1) is 13.9. The van der Waals surface area contributed by atoms with Gasteiger partial charge in [0.25, 0.3) is 0 Å². The van der Waals surface area contributed by atoms with Crippen LogP contribution in [0.5, 0.6) is 0 Å². The molecule has 0 fully saturated rings. The van der Waals surface area contributed by atoms with Gasteiger partial charge in [-0.2, -0.15) is 0 Å². The maximum absolute atomic E-state index is 12.6. The van der Waals surface area contributed by atoms with Crippen LogP contribution in [0.2, 0.25) is 0 Å². The maximum atomic E-state index is 12.6. The number of nitrogens with zero attached hydrogens (tertiary/aromatic N) is 3. The highest BCUT2D eigenvalue weighted by molar-refractivity contribution is 8.00. The quantitative estimate of drug-likeness (QED) is 0.439. The summed E-state index contributed by atoms with van der Waals surface area (Å²) in [5, 5.41) is 11.6. The van der Waals surface area contributed by atoms with E-state index in [9.17, 15) is 4.79 Å². The molecule has 0 saturated heterocycles. The number of nitrogens with one attached hydrogen (secondary N) is 1. The Morgan fingerprint density at radius 2 is 1.79 bits per heavy atom. The number of amides is 1. The number of aromatic nitrogens is 3. The molecule has 152 valence electrons. The van der Waals surface area contributed by atoms with E-state index in [1.54, 1.807) is 0 Å². The van der Waals surface area contributed by atoms with Gasteiger partial charge < -0.3 is 11.2 Å². The summed E-state index contributed by atoms with van der Waals surface area (Å²) < 4.78 is 1.44. The van der Waals surface area contributed by atoms with Crippen molar-refractivity contribution in [3.8, 4) is 11.4 Å². The molecule has 0 spiro atoms. The second kappa shape index (κ2) is 9.60. The summed E-state index contributed by atoms with van der Waals surface area (Å²) in [6, 6.07) is 18.3. The van der Waals surface area contributed by atoms with Crippen LogP contribution in [0.3, 0.4) is 0 Å². The van der Waals surface area contributed by atoms with Crippen molar-refractivity contribution in [2.75, 3.05) is 5.84 Å². The number of nitrogen functional groups attached to an aromatic ring is 1. The van der Waals surface area contributed by atoms with E-state index < -0.39 is 0 Å². The van der Waals surface area contributed by atoms with E-state index >= 15 is 0 Å². The number of aryl methyl sites for hydroxylation is 2. The molecule has 0 aliphatic rings. The highest BCUT2D eigenvalue weighted by Gasteiger charge is 2.21. The van der Waals surface area contributed by atoms with Gasteiger partial charge in [0.1, 0.15) is 0 Å². The summed E-state index contributed by atoms with van der Waals surface area (Å²) in [7, 11) is 0. The summed E-state index contributed by atoms with van der Waals surface area (Å²) in [6.45, 7) is 5.91. The van der Waals surface area contributed by atoms with Crippen LogP contribution in [0, 0.1) is 6.92 Å².